The van der Waals surface area contributed by atoms with Crippen LogP contribution in [0.25, 0.3) is 10.8 Å². The van der Waals surface area contributed by atoms with E-state index in [0.717, 1.165) is 10.8 Å². The zero-order chi connectivity index (χ0) is 11.9. The van der Waals surface area contributed by atoms with Crippen LogP contribution in [0.3, 0.4) is 0 Å². The van der Waals surface area contributed by atoms with Crippen LogP contribution in [0.5, 0.6) is 0 Å². The van der Waals surface area contributed by atoms with Crippen molar-refractivity contribution >= 4 is 16.7 Å². The Balaban J connectivity index is 2.27. The molecule has 1 N–H and O–H groups in total. The van der Waals surface area contributed by atoms with Crippen molar-refractivity contribution in [1.29, 1.82) is 0 Å². The molecule has 0 atom stereocenters. The topological polar surface area (TPSA) is 59.4 Å². The van der Waals surface area contributed by atoms with E-state index in [1.54, 1.807) is 6.20 Å². The van der Waals surface area contributed by atoms with E-state index in [1.165, 1.54) is 0 Å². The smallest absolute Gasteiger partial charge is 0.320 e. The molecule has 1 aliphatic heterocycles. The highest BCUT2D eigenvalue weighted by molar-refractivity contribution is 5.92. The highest BCUT2D eigenvalue weighted by Crippen LogP contribution is 2.35. The summed E-state index contributed by atoms with van der Waals surface area (Å²) in [5.74, 6) is -0.868. The average molecular weight is 229 g/mol. The largest absolute Gasteiger partial charge is 0.480 e. The van der Waals surface area contributed by atoms with E-state index in [1.807, 2.05) is 30.3 Å². The van der Waals surface area contributed by atoms with Crippen LogP contribution in [-0.4, -0.2) is 29.3 Å². The summed E-state index contributed by atoms with van der Waals surface area (Å²) >= 11 is 0. The monoisotopic (exact) mass is 229 g/mol. The third kappa shape index (κ3) is 1.34. The van der Waals surface area contributed by atoms with Crippen LogP contribution in [-0.2, 0) is 14.9 Å². The van der Waals surface area contributed by atoms with Crippen molar-refractivity contribution in [2.45, 2.75) is 5.41 Å². The van der Waals surface area contributed by atoms with E-state index in [2.05, 4.69) is 4.98 Å². The second kappa shape index (κ2) is 3.53. The van der Waals surface area contributed by atoms with Crippen molar-refractivity contribution in [3.8, 4) is 0 Å². The first-order valence-electron chi connectivity index (χ1n) is 5.39. The zero-order valence-corrected chi connectivity index (χ0v) is 9.09. The van der Waals surface area contributed by atoms with Crippen molar-refractivity contribution in [2.75, 3.05) is 13.2 Å². The zero-order valence-electron chi connectivity index (χ0n) is 9.09. The molecule has 0 saturated carbocycles. The normalized spacial score (nSPS) is 17.6. The van der Waals surface area contributed by atoms with Crippen molar-refractivity contribution in [3.63, 3.8) is 0 Å². The first kappa shape index (κ1) is 10.2. The second-order valence-electron chi connectivity index (χ2n) is 4.26. The summed E-state index contributed by atoms with van der Waals surface area (Å²) in [4.78, 5) is 15.7. The van der Waals surface area contributed by atoms with Gasteiger partial charge in [0.2, 0.25) is 0 Å². The predicted molar refractivity (Wildman–Crippen MR) is 61.9 cm³/mol. The van der Waals surface area contributed by atoms with Gasteiger partial charge in [0.15, 0.2) is 5.41 Å². The highest BCUT2D eigenvalue weighted by atomic mass is 16.5. The number of hydrogen-bond donors (Lipinski definition) is 1. The molecule has 0 amide bonds. The minimum atomic E-state index is -0.971. The van der Waals surface area contributed by atoms with E-state index in [0.29, 0.717) is 5.69 Å². The summed E-state index contributed by atoms with van der Waals surface area (Å²) in [7, 11) is 0. The number of pyridine rings is 1. The van der Waals surface area contributed by atoms with Crippen LogP contribution in [0.15, 0.2) is 36.5 Å². The first-order chi connectivity index (χ1) is 8.24. The lowest BCUT2D eigenvalue weighted by Gasteiger charge is -2.37. The maximum atomic E-state index is 11.4. The number of nitrogens with zero attached hydrogens (tertiary/aromatic N) is 1. The van der Waals surface area contributed by atoms with Gasteiger partial charge in [-0.3, -0.25) is 9.78 Å². The molecule has 0 spiro atoms. The van der Waals surface area contributed by atoms with Gasteiger partial charge >= 0.3 is 5.97 Å². The summed E-state index contributed by atoms with van der Waals surface area (Å²) in [6, 6.07) is 9.56. The van der Waals surface area contributed by atoms with Crippen molar-refractivity contribution in [1.82, 2.24) is 4.98 Å². The van der Waals surface area contributed by atoms with Crippen LogP contribution in [0.1, 0.15) is 5.69 Å². The summed E-state index contributed by atoms with van der Waals surface area (Å²) in [5, 5.41) is 11.3. The fourth-order valence-corrected chi connectivity index (χ4v) is 2.17. The van der Waals surface area contributed by atoms with Gasteiger partial charge < -0.3 is 9.84 Å². The quantitative estimate of drug-likeness (QED) is 0.849. The maximum Gasteiger partial charge on any atom is 0.320 e. The molecule has 0 unspecified atom stereocenters. The molecule has 1 saturated heterocycles. The minimum absolute atomic E-state index is 0.198. The fraction of sp³-hybridized carbons (Fsp3) is 0.231. The van der Waals surface area contributed by atoms with Gasteiger partial charge in [0.05, 0.1) is 18.9 Å². The Kier molecular flexibility index (Phi) is 2.12. The van der Waals surface area contributed by atoms with Crippen LogP contribution < -0.4 is 0 Å². The SMILES string of the molecule is O=C(O)C1(c2nccc3ccccc23)COC1. The summed E-state index contributed by atoms with van der Waals surface area (Å²) in [5.41, 5.74) is -0.365. The van der Waals surface area contributed by atoms with Crippen LogP contribution in [0, 0.1) is 0 Å². The third-order valence-electron chi connectivity index (χ3n) is 3.23. The van der Waals surface area contributed by atoms with E-state index < -0.39 is 11.4 Å². The van der Waals surface area contributed by atoms with Gasteiger partial charge in [0, 0.05) is 11.6 Å². The second-order valence-corrected chi connectivity index (χ2v) is 4.26. The van der Waals surface area contributed by atoms with Crippen molar-refractivity contribution in [3.05, 3.63) is 42.2 Å². The lowest BCUT2D eigenvalue weighted by molar-refractivity contribution is -0.163. The van der Waals surface area contributed by atoms with Gasteiger partial charge in [0.1, 0.15) is 0 Å². The van der Waals surface area contributed by atoms with Gasteiger partial charge in [-0.1, -0.05) is 24.3 Å². The van der Waals surface area contributed by atoms with E-state index in [-0.39, 0.29) is 13.2 Å². The lowest BCUT2D eigenvalue weighted by Crippen LogP contribution is -2.53. The molecule has 0 aliphatic carbocycles. The number of ether oxygens (including phenoxy) is 1. The number of carbonyl (C=O) groups is 1. The minimum Gasteiger partial charge on any atom is -0.480 e. The fourth-order valence-electron chi connectivity index (χ4n) is 2.17. The van der Waals surface area contributed by atoms with Gasteiger partial charge in [-0.05, 0) is 11.5 Å². The summed E-state index contributed by atoms with van der Waals surface area (Å²) in [6.45, 7) is 0.396. The molecule has 0 radical (unpaired) electrons. The molecule has 17 heavy (non-hydrogen) atoms. The number of aliphatic carboxylic acids is 1. The van der Waals surface area contributed by atoms with Gasteiger partial charge in [-0.15, -0.1) is 0 Å². The number of carboxylic acid groups (broad SMARTS) is 1. The molecule has 2 aromatic rings. The van der Waals surface area contributed by atoms with Crippen molar-refractivity contribution < 1.29 is 14.6 Å². The average Bonchev–Trinajstić information content (AvgIpc) is 2.27. The van der Waals surface area contributed by atoms with Crippen molar-refractivity contribution in [2.24, 2.45) is 0 Å². The Morgan fingerprint density at radius 2 is 2.06 bits per heavy atom. The highest BCUT2D eigenvalue weighted by Gasteiger charge is 2.50. The number of benzene rings is 1. The Hall–Kier alpha value is -1.94. The molecule has 1 aromatic carbocycles. The number of aromatic nitrogens is 1. The molecule has 1 aromatic heterocycles. The van der Waals surface area contributed by atoms with Gasteiger partial charge in [-0.25, -0.2) is 0 Å². The number of hydrogen-bond acceptors (Lipinski definition) is 3. The molecule has 86 valence electrons. The van der Waals surface area contributed by atoms with E-state index in [9.17, 15) is 9.90 Å². The first-order valence-corrected chi connectivity index (χ1v) is 5.39. The Labute approximate surface area is 97.9 Å². The Morgan fingerprint density at radius 1 is 1.29 bits per heavy atom. The van der Waals surface area contributed by atoms with Gasteiger partial charge in [0.25, 0.3) is 0 Å². The predicted octanol–water partition coefficient (Wildman–Crippen LogP) is 1.59. The molecule has 4 nitrogen and oxygen atoms in total. The summed E-state index contributed by atoms with van der Waals surface area (Å²) in [6.07, 6.45) is 1.65. The van der Waals surface area contributed by atoms with Crippen LogP contribution >= 0.6 is 0 Å². The Morgan fingerprint density at radius 3 is 2.71 bits per heavy atom. The van der Waals surface area contributed by atoms with Crippen LogP contribution in [0.2, 0.25) is 0 Å². The molecule has 1 aliphatic rings. The molecular weight excluding hydrogens is 218 g/mol. The summed E-state index contributed by atoms with van der Waals surface area (Å²) < 4.78 is 5.08. The molecule has 4 heteroatoms. The number of rotatable bonds is 2. The molecular formula is C13H11NO3. The Bertz CT molecular complexity index is 585. The van der Waals surface area contributed by atoms with Gasteiger partial charge in [-0.2, -0.15) is 0 Å². The molecule has 3 rings (SSSR count). The third-order valence-corrected chi connectivity index (χ3v) is 3.23. The standard InChI is InChI=1S/C13H11NO3/c15-12(16)13(7-17-8-13)11-10-4-2-1-3-9(10)5-6-14-11/h1-6H,7-8H2,(H,15,16). The van der Waals surface area contributed by atoms with E-state index in [4.69, 9.17) is 4.74 Å². The lowest BCUT2D eigenvalue weighted by atomic mass is 9.80. The van der Waals surface area contributed by atoms with E-state index >= 15 is 0 Å². The molecule has 0 bridgehead atoms. The molecule has 2 heterocycles. The number of carboxylic acids is 1. The number of fused-ring (bicyclic) bond motifs is 1. The maximum absolute atomic E-state index is 11.4. The molecule has 1 fully saturated rings. The van der Waals surface area contributed by atoms with Crippen LogP contribution in [0.4, 0.5) is 0 Å².